The summed E-state index contributed by atoms with van der Waals surface area (Å²) < 4.78 is 0. The monoisotopic (exact) mass is 344 g/mol. The number of piperidine rings is 1. The minimum absolute atomic E-state index is 0.00211. The molecule has 0 spiro atoms. The Morgan fingerprint density at radius 2 is 1.68 bits per heavy atom. The predicted octanol–water partition coefficient (Wildman–Crippen LogP) is 4.03. The van der Waals surface area contributed by atoms with Gasteiger partial charge in [0.1, 0.15) is 0 Å². The molecule has 4 nitrogen and oxygen atoms in total. The molecule has 138 valence electrons. The third-order valence-corrected chi connectivity index (χ3v) is 5.05. The van der Waals surface area contributed by atoms with Crippen LogP contribution in [0.25, 0.3) is 0 Å². The maximum Gasteiger partial charge on any atom is 0.227 e. The van der Waals surface area contributed by atoms with E-state index in [1.54, 1.807) is 0 Å². The van der Waals surface area contributed by atoms with E-state index in [1.165, 1.54) is 11.1 Å². The highest BCUT2D eigenvalue weighted by molar-refractivity contribution is 5.94. The highest BCUT2D eigenvalue weighted by Crippen LogP contribution is 2.26. The Labute approximate surface area is 152 Å². The Morgan fingerprint density at radius 1 is 1.12 bits per heavy atom. The molecule has 1 aliphatic rings. The van der Waals surface area contributed by atoms with Crippen LogP contribution in [-0.2, 0) is 22.4 Å². The van der Waals surface area contributed by atoms with Crippen LogP contribution in [0.5, 0.6) is 0 Å². The van der Waals surface area contributed by atoms with Crippen molar-refractivity contribution in [3.05, 3.63) is 29.3 Å². The lowest BCUT2D eigenvalue weighted by Gasteiger charge is -2.32. The summed E-state index contributed by atoms with van der Waals surface area (Å²) in [6.07, 6.45) is 3.93. The maximum atomic E-state index is 12.7. The van der Waals surface area contributed by atoms with Crippen molar-refractivity contribution in [1.29, 1.82) is 0 Å². The van der Waals surface area contributed by atoms with Crippen LogP contribution < -0.4 is 5.32 Å². The second-order valence-electron chi connectivity index (χ2n) is 7.40. The second kappa shape index (κ2) is 9.02. The SMILES string of the molecule is CCc1cccc(CC)c1NC(=O)C1CCN(C(=O)CC(C)C)CC1. The molecule has 0 saturated carbocycles. The van der Waals surface area contributed by atoms with Gasteiger partial charge in [0, 0.05) is 31.1 Å². The van der Waals surface area contributed by atoms with Gasteiger partial charge in [-0.1, -0.05) is 45.9 Å². The number of para-hydroxylation sites is 1. The number of carbonyl (C=O) groups is 2. The molecule has 25 heavy (non-hydrogen) atoms. The second-order valence-corrected chi connectivity index (χ2v) is 7.40. The van der Waals surface area contributed by atoms with Gasteiger partial charge in [0.05, 0.1) is 0 Å². The van der Waals surface area contributed by atoms with Crippen molar-refractivity contribution in [2.75, 3.05) is 18.4 Å². The molecule has 0 atom stereocenters. The molecule has 2 rings (SSSR count). The molecule has 2 amide bonds. The first-order chi connectivity index (χ1) is 12.0. The molecule has 1 N–H and O–H groups in total. The largest absolute Gasteiger partial charge is 0.343 e. The number of hydrogen-bond donors (Lipinski definition) is 1. The van der Waals surface area contributed by atoms with E-state index in [0.717, 1.165) is 31.4 Å². The molecule has 1 heterocycles. The van der Waals surface area contributed by atoms with Gasteiger partial charge in [-0.25, -0.2) is 0 Å². The van der Waals surface area contributed by atoms with E-state index in [-0.39, 0.29) is 17.7 Å². The zero-order valence-electron chi connectivity index (χ0n) is 16.1. The number of nitrogens with zero attached hydrogens (tertiary/aromatic N) is 1. The number of anilines is 1. The van der Waals surface area contributed by atoms with E-state index in [9.17, 15) is 9.59 Å². The van der Waals surface area contributed by atoms with E-state index in [1.807, 2.05) is 4.90 Å². The van der Waals surface area contributed by atoms with Crippen LogP contribution in [0.4, 0.5) is 5.69 Å². The first kappa shape index (κ1) is 19.5. The third kappa shape index (κ3) is 5.07. The Bertz CT molecular complexity index is 580. The summed E-state index contributed by atoms with van der Waals surface area (Å²) in [5.41, 5.74) is 3.38. The number of benzene rings is 1. The fourth-order valence-electron chi connectivity index (χ4n) is 3.50. The van der Waals surface area contributed by atoms with Crippen LogP contribution in [0.15, 0.2) is 18.2 Å². The number of nitrogens with one attached hydrogen (secondary N) is 1. The molecular weight excluding hydrogens is 312 g/mol. The molecule has 1 fully saturated rings. The summed E-state index contributed by atoms with van der Waals surface area (Å²) in [6, 6.07) is 6.23. The van der Waals surface area contributed by atoms with E-state index >= 15 is 0 Å². The summed E-state index contributed by atoms with van der Waals surface area (Å²) in [5, 5.41) is 3.18. The molecular formula is C21H32N2O2. The van der Waals surface area contributed by atoms with Crippen LogP contribution in [0.2, 0.25) is 0 Å². The lowest BCUT2D eigenvalue weighted by Crippen LogP contribution is -2.41. The number of carbonyl (C=O) groups excluding carboxylic acids is 2. The van der Waals surface area contributed by atoms with Gasteiger partial charge in [-0.3, -0.25) is 9.59 Å². The van der Waals surface area contributed by atoms with Gasteiger partial charge in [0.25, 0.3) is 0 Å². The smallest absolute Gasteiger partial charge is 0.227 e. The van der Waals surface area contributed by atoms with Crippen molar-refractivity contribution in [2.24, 2.45) is 11.8 Å². The average molecular weight is 344 g/mol. The topological polar surface area (TPSA) is 49.4 Å². The summed E-state index contributed by atoms with van der Waals surface area (Å²) in [5.74, 6) is 0.703. The van der Waals surface area contributed by atoms with Crippen LogP contribution in [0.1, 0.15) is 58.1 Å². The highest BCUT2D eigenvalue weighted by atomic mass is 16.2. The highest BCUT2D eigenvalue weighted by Gasteiger charge is 2.28. The Morgan fingerprint density at radius 3 is 2.16 bits per heavy atom. The van der Waals surface area contributed by atoms with Crippen molar-refractivity contribution in [1.82, 2.24) is 4.90 Å². The van der Waals surface area contributed by atoms with Gasteiger partial charge in [-0.15, -0.1) is 0 Å². The summed E-state index contributed by atoms with van der Waals surface area (Å²) in [6.45, 7) is 9.75. The molecule has 0 aromatic heterocycles. The summed E-state index contributed by atoms with van der Waals surface area (Å²) in [7, 11) is 0. The van der Waals surface area contributed by atoms with Gasteiger partial charge in [0.2, 0.25) is 11.8 Å². The number of rotatable bonds is 6. The van der Waals surface area contributed by atoms with E-state index in [4.69, 9.17) is 0 Å². The van der Waals surface area contributed by atoms with Crippen LogP contribution in [0, 0.1) is 11.8 Å². The molecule has 1 aromatic rings. The maximum absolute atomic E-state index is 12.7. The Hall–Kier alpha value is -1.84. The van der Waals surface area contributed by atoms with Gasteiger partial charge in [0.15, 0.2) is 0 Å². The van der Waals surface area contributed by atoms with E-state index in [2.05, 4.69) is 51.2 Å². The standard InChI is InChI=1S/C21H32N2O2/c1-5-16-8-7-9-17(6-2)20(16)22-21(25)18-10-12-23(13-11-18)19(24)14-15(3)4/h7-9,15,18H,5-6,10-14H2,1-4H3,(H,22,25). The minimum atomic E-state index is -0.00211. The molecule has 0 radical (unpaired) electrons. The first-order valence-corrected chi connectivity index (χ1v) is 9.65. The van der Waals surface area contributed by atoms with Crippen molar-refractivity contribution >= 4 is 17.5 Å². The number of amides is 2. The van der Waals surface area contributed by atoms with E-state index < -0.39 is 0 Å². The van der Waals surface area contributed by atoms with Gasteiger partial charge >= 0.3 is 0 Å². The normalized spacial score (nSPS) is 15.5. The molecule has 4 heteroatoms. The van der Waals surface area contributed by atoms with Crippen LogP contribution in [0.3, 0.4) is 0 Å². The number of hydrogen-bond acceptors (Lipinski definition) is 2. The Kier molecular flexibility index (Phi) is 7.03. The zero-order valence-corrected chi connectivity index (χ0v) is 16.1. The van der Waals surface area contributed by atoms with Crippen molar-refractivity contribution in [2.45, 2.75) is 59.8 Å². The number of likely N-dealkylation sites (tertiary alicyclic amines) is 1. The van der Waals surface area contributed by atoms with Gasteiger partial charge in [-0.05, 0) is 42.7 Å². The molecule has 1 saturated heterocycles. The van der Waals surface area contributed by atoms with Gasteiger partial charge in [-0.2, -0.15) is 0 Å². The molecule has 1 aromatic carbocycles. The predicted molar refractivity (Wildman–Crippen MR) is 103 cm³/mol. The summed E-state index contributed by atoms with van der Waals surface area (Å²) in [4.78, 5) is 26.8. The molecule has 0 bridgehead atoms. The molecule has 1 aliphatic heterocycles. The minimum Gasteiger partial charge on any atom is -0.343 e. The number of aryl methyl sites for hydroxylation is 2. The quantitative estimate of drug-likeness (QED) is 0.847. The zero-order chi connectivity index (χ0) is 18.4. The van der Waals surface area contributed by atoms with Crippen molar-refractivity contribution in [3.8, 4) is 0 Å². The Balaban J connectivity index is 1.97. The van der Waals surface area contributed by atoms with E-state index in [0.29, 0.717) is 25.4 Å². The summed E-state index contributed by atoms with van der Waals surface area (Å²) >= 11 is 0. The lowest BCUT2D eigenvalue weighted by molar-refractivity contribution is -0.135. The third-order valence-electron chi connectivity index (χ3n) is 5.05. The van der Waals surface area contributed by atoms with Crippen molar-refractivity contribution < 1.29 is 9.59 Å². The molecule has 0 aliphatic carbocycles. The van der Waals surface area contributed by atoms with Crippen LogP contribution >= 0.6 is 0 Å². The van der Waals surface area contributed by atoms with Crippen molar-refractivity contribution in [3.63, 3.8) is 0 Å². The lowest BCUT2D eigenvalue weighted by atomic mass is 9.94. The van der Waals surface area contributed by atoms with Crippen LogP contribution in [-0.4, -0.2) is 29.8 Å². The average Bonchev–Trinajstić information content (AvgIpc) is 2.61. The van der Waals surface area contributed by atoms with Gasteiger partial charge < -0.3 is 10.2 Å². The fourth-order valence-corrected chi connectivity index (χ4v) is 3.50. The molecule has 0 unspecified atom stereocenters. The fraction of sp³-hybridized carbons (Fsp3) is 0.619. The first-order valence-electron chi connectivity index (χ1n) is 9.65.